The highest BCUT2D eigenvalue weighted by atomic mass is 32.2. The molecule has 3 rings (SSSR count). The third-order valence-corrected chi connectivity index (χ3v) is 6.68. The Bertz CT molecular complexity index is 738. The Kier molecular flexibility index (Phi) is 5.74. The molecule has 4 unspecified atom stereocenters. The molecule has 4 atom stereocenters. The van der Waals surface area contributed by atoms with Gasteiger partial charge in [0.05, 0.1) is 6.04 Å². The number of halogens is 3. The van der Waals surface area contributed by atoms with Gasteiger partial charge >= 0.3 is 6.18 Å². The van der Waals surface area contributed by atoms with Crippen molar-refractivity contribution in [1.29, 1.82) is 0 Å². The zero-order chi connectivity index (χ0) is 19.8. The fraction of sp³-hybridized carbons (Fsp3) is 0.579. The lowest BCUT2D eigenvalue weighted by Gasteiger charge is -2.34. The molecule has 0 aliphatic carbocycles. The molecule has 0 aromatic heterocycles. The van der Waals surface area contributed by atoms with Crippen molar-refractivity contribution in [2.75, 3.05) is 0 Å². The van der Waals surface area contributed by atoms with Crippen LogP contribution in [0, 0.1) is 12.8 Å². The summed E-state index contributed by atoms with van der Waals surface area (Å²) in [6, 6.07) is 3.99. The molecule has 2 amide bonds. The maximum absolute atomic E-state index is 12.8. The highest BCUT2D eigenvalue weighted by Gasteiger charge is 2.46. The summed E-state index contributed by atoms with van der Waals surface area (Å²) >= 11 is 1.78. The van der Waals surface area contributed by atoms with Crippen LogP contribution in [0.15, 0.2) is 23.1 Å². The summed E-state index contributed by atoms with van der Waals surface area (Å²) < 4.78 is 38.3. The first-order chi connectivity index (χ1) is 12.7. The first-order valence-corrected chi connectivity index (χ1v) is 10.0. The molecule has 0 saturated carbocycles. The Morgan fingerprint density at radius 1 is 1.33 bits per heavy atom. The maximum atomic E-state index is 12.8. The SMILES string of the molecule is CCC1CC(NC(=O)C2CCC(C(F)(F)F)NC2=O)c2cc(C)ccc2S1. The third kappa shape index (κ3) is 4.42. The van der Waals surface area contributed by atoms with E-state index in [-0.39, 0.29) is 18.9 Å². The van der Waals surface area contributed by atoms with Crippen molar-refractivity contribution in [3.63, 3.8) is 0 Å². The number of nitrogens with one attached hydrogen (secondary N) is 2. The molecule has 2 heterocycles. The fourth-order valence-corrected chi connectivity index (χ4v) is 4.93. The lowest BCUT2D eigenvalue weighted by atomic mass is 9.91. The largest absolute Gasteiger partial charge is 0.408 e. The van der Waals surface area contributed by atoms with Gasteiger partial charge in [-0.2, -0.15) is 13.2 Å². The molecule has 2 N–H and O–H groups in total. The van der Waals surface area contributed by atoms with Crippen molar-refractivity contribution < 1.29 is 22.8 Å². The van der Waals surface area contributed by atoms with Crippen molar-refractivity contribution in [3.8, 4) is 0 Å². The Morgan fingerprint density at radius 2 is 2.07 bits per heavy atom. The van der Waals surface area contributed by atoms with Crippen molar-refractivity contribution in [2.24, 2.45) is 5.92 Å². The number of hydrogen-bond donors (Lipinski definition) is 2. The summed E-state index contributed by atoms with van der Waals surface area (Å²) in [4.78, 5) is 25.8. The summed E-state index contributed by atoms with van der Waals surface area (Å²) in [5.41, 5.74) is 2.09. The van der Waals surface area contributed by atoms with E-state index in [0.29, 0.717) is 5.25 Å². The number of hydrogen-bond acceptors (Lipinski definition) is 3. The number of rotatable bonds is 3. The summed E-state index contributed by atoms with van der Waals surface area (Å²) in [5.74, 6) is -2.42. The molecule has 2 aliphatic rings. The van der Waals surface area contributed by atoms with Gasteiger partial charge in [-0.15, -0.1) is 11.8 Å². The minimum Gasteiger partial charge on any atom is -0.349 e. The predicted molar refractivity (Wildman–Crippen MR) is 97.3 cm³/mol. The van der Waals surface area contributed by atoms with E-state index < -0.39 is 30.0 Å². The number of thioether (sulfide) groups is 1. The van der Waals surface area contributed by atoms with E-state index >= 15 is 0 Å². The average Bonchev–Trinajstić information content (AvgIpc) is 2.60. The van der Waals surface area contributed by atoms with Crippen LogP contribution in [-0.4, -0.2) is 29.3 Å². The van der Waals surface area contributed by atoms with Crippen LogP contribution in [0.5, 0.6) is 0 Å². The second kappa shape index (κ2) is 7.73. The molecule has 1 aromatic rings. The number of piperidine rings is 1. The van der Waals surface area contributed by atoms with Gasteiger partial charge in [-0.3, -0.25) is 9.59 Å². The molecule has 1 aromatic carbocycles. The van der Waals surface area contributed by atoms with E-state index in [1.54, 1.807) is 11.8 Å². The summed E-state index contributed by atoms with van der Waals surface area (Å²) in [6.07, 6.45) is -3.17. The molecule has 0 bridgehead atoms. The van der Waals surface area contributed by atoms with Crippen LogP contribution in [0.1, 0.15) is 49.8 Å². The number of carbonyl (C=O) groups excluding carboxylic acids is 2. The Labute approximate surface area is 160 Å². The van der Waals surface area contributed by atoms with E-state index in [1.807, 2.05) is 30.4 Å². The van der Waals surface area contributed by atoms with Gasteiger partial charge in [0.1, 0.15) is 12.0 Å². The zero-order valence-electron chi connectivity index (χ0n) is 15.2. The quantitative estimate of drug-likeness (QED) is 0.757. The van der Waals surface area contributed by atoms with Gasteiger partial charge in [0.2, 0.25) is 11.8 Å². The highest BCUT2D eigenvalue weighted by molar-refractivity contribution is 8.00. The van der Waals surface area contributed by atoms with Gasteiger partial charge in [0.25, 0.3) is 0 Å². The van der Waals surface area contributed by atoms with Crippen LogP contribution in [0.4, 0.5) is 13.2 Å². The van der Waals surface area contributed by atoms with E-state index in [1.165, 1.54) is 0 Å². The number of fused-ring (bicyclic) bond motifs is 1. The van der Waals surface area contributed by atoms with Gasteiger partial charge in [-0.05, 0) is 44.2 Å². The Balaban J connectivity index is 1.73. The highest BCUT2D eigenvalue weighted by Crippen LogP contribution is 2.42. The normalized spacial score (nSPS) is 28.3. The average molecular weight is 400 g/mol. The van der Waals surface area contributed by atoms with Crippen molar-refractivity contribution >= 4 is 23.6 Å². The van der Waals surface area contributed by atoms with E-state index in [9.17, 15) is 22.8 Å². The molecule has 8 heteroatoms. The van der Waals surface area contributed by atoms with Crippen LogP contribution in [0.3, 0.4) is 0 Å². The number of carbonyl (C=O) groups is 2. The monoisotopic (exact) mass is 400 g/mol. The topological polar surface area (TPSA) is 58.2 Å². The molecular weight excluding hydrogens is 377 g/mol. The molecule has 0 spiro atoms. The smallest absolute Gasteiger partial charge is 0.349 e. The van der Waals surface area contributed by atoms with Crippen LogP contribution in [0.2, 0.25) is 0 Å². The standard InChI is InChI=1S/C19H23F3N2O2S/c1-3-11-9-14(13-8-10(2)4-6-15(13)27-11)23-17(25)12-5-7-16(19(20,21)22)24-18(12)26/h4,6,8,11-12,14,16H,3,5,7,9H2,1-2H3,(H,23,25)(H,24,26). The molecular formula is C19H23F3N2O2S. The van der Waals surface area contributed by atoms with Crippen LogP contribution in [-0.2, 0) is 9.59 Å². The first-order valence-electron chi connectivity index (χ1n) is 9.13. The molecule has 1 fully saturated rings. The van der Waals surface area contributed by atoms with Crippen LogP contribution < -0.4 is 10.6 Å². The molecule has 0 radical (unpaired) electrons. The Morgan fingerprint density at radius 3 is 2.70 bits per heavy atom. The second-order valence-electron chi connectivity index (χ2n) is 7.22. The van der Waals surface area contributed by atoms with Crippen molar-refractivity contribution in [3.05, 3.63) is 29.3 Å². The predicted octanol–water partition coefficient (Wildman–Crippen LogP) is 3.88. The number of benzene rings is 1. The summed E-state index contributed by atoms with van der Waals surface area (Å²) in [5, 5.41) is 5.22. The van der Waals surface area contributed by atoms with Crippen molar-refractivity contribution in [1.82, 2.24) is 10.6 Å². The van der Waals surface area contributed by atoms with Gasteiger partial charge < -0.3 is 10.6 Å². The molecule has 148 valence electrons. The van der Waals surface area contributed by atoms with E-state index in [0.717, 1.165) is 28.9 Å². The summed E-state index contributed by atoms with van der Waals surface area (Å²) in [7, 11) is 0. The summed E-state index contributed by atoms with van der Waals surface area (Å²) in [6.45, 7) is 4.06. The van der Waals surface area contributed by atoms with Gasteiger partial charge in [-0.25, -0.2) is 0 Å². The number of amides is 2. The van der Waals surface area contributed by atoms with Gasteiger partial charge in [0.15, 0.2) is 0 Å². The number of alkyl halides is 3. The van der Waals surface area contributed by atoms with Gasteiger partial charge in [-0.1, -0.05) is 24.6 Å². The van der Waals surface area contributed by atoms with Crippen LogP contribution in [0.25, 0.3) is 0 Å². The fourth-order valence-electron chi connectivity index (χ4n) is 3.63. The van der Waals surface area contributed by atoms with Crippen LogP contribution >= 0.6 is 11.8 Å². The van der Waals surface area contributed by atoms with E-state index in [4.69, 9.17) is 0 Å². The zero-order valence-corrected chi connectivity index (χ0v) is 16.0. The minimum atomic E-state index is -4.48. The lowest BCUT2D eigenvalue weighted by Crippen LogP contribution is -2.54. The minimum absolute atomic E-state index is 0.0960. The molecule has 1 saturated heterocycles. The molecule has 4 nitrogen and oxygen atoms in total. The van der Waals surface area contributed by atoms with Crippen molar-refractivity contribution in [2.45, 2.75) is 67.9 Å². The lowest BCUT2D eigenvalue weighted by molar-refractivity contribution is -0.171. The number of aryl methyl sites for hydroxylation is 1. The molecule has 27 heavy (non-hydrogen) atoms. The maximum Gasteiger partial charge on any atom is 0.408 e. The third-order valence-electron chi connectivity index (χ3n) is 5.19. The van der Waals surface area contributed by atoms with Gasteiger partial charge in [0, 0.05) is 10.1 Å². The molecule has 2 aliphatic heterocycles. The Hall–Kier alpha value is -1.70. The van der Waals surface area contributed by atoms with E-state index in [2.05, 4.69) is 12.2 Å². The first kappa shape index (κ1) is 20.0. The second-order valence-corrected chi connectivity index (χ2v) is 8.56.